The fourth-order valence-electron chi connectivity index (χ4n) is 1.38. The summed E-state index contributed by atoms with van der Waals surface area (Å²) in [6, 6.07) is 10.0. The predicted octanol–water partition coefficient (Wildman–Crippen LogP) is 2.96. The zero-order valence-corrected chi connectivity index (χ0v) is 12.1. The Morgan fingerprint density at radius 1 is 1.35 bits per heavy atom. The Hall–Kier alpha value is -0.620. The summed E-state index contributed by atoms with van der Waals surface area (Å²) in [6.07, 6.45) is 0.707. The van der Waals surface area contributed by atoms with Crippen molar-refractivity contribution in [1.29, 1.82) is 0 Å². The average molecular weight is 348 g/mol. The summed E-state index contributed by atoms with van der Waals surface area (Å²) in [6.45, 7) is 2.65. The Morgan fingerprint density at radius 2 is 2.06 bits per heavy atom. The van der Waals surface area contributed by atoms with Crippen LogP contribution in [0.25, 0.3) is 0 Å². The second-order valence-electron chi connectivity index (χ2n) is 3.71. The van der Waals surface area contributed by atoms with Crippen LogP contribution in [0.1, 0.15) is 18.9 Å². The minimum Gasteiger partial charge on any atom is -0.462 e. The summed E-state index contributed by atoms with van der Waals surface area (Å²) < 4.78 is 11.5. The van der Waals surface area contributed by atoms with Crippen LogP contribution in [0.3, 0.4) is 0 Å². The van der Waals surface area contributed by atoms with Crippen LogP contribution in [-0.2, 0) is 20.9 Å². The summed E-state index contributed by atoms with van der Waals surface area (Å²) in [5, 5.41) is 0. The molecule has 17 heavy (non-hydrogen) atoms. The van der Waals surface area contributed by atoms with E-state index in [4.69, 9.17) is 9.47 Å². The Balaban J connectivity index is 2.16. The molecule has 1 aromatic rings. The number of carbonyl (C=O) groups is 1. The van der Waals surface area contributed by atoms with Gasteiger partial charge in [0, 0.05) is 17.8 Å². The van der Waals surface area contributed by atoms with Crippen LogP contribution in [-0.4, -0.2) is 23.1 Å². The van der Waals surface area contributed by atoms with E-state index < -0.39 is 0 Å². The van der Waals surface area contributed by atoms with Crippen LogP contribution in [0.2, 0.25) is 0 Å². The van der Waals surface area contributed by atoms with Gasteiger partial charge < -0.3 is 9.47 Å². The first-order chi connectivity index (χ1) is 8.22. The molecule has 4 heteroatoms. The Labute approximate surface area is 116 Å². The molecule has 0 amide bonds. The first-order valence-electron chi connectivity index (χ1n) is 5.57. The van der Waals surface area contributed by atoms with Gasteiger partial charge in [0.25, 0.3) is 0 Å². The maximum atomic E-state index is 10.8. The number of alkyl halides is 1. The van der Waals surface area contributed by atoms with Crippen molar-refractivity contribution in [3.8, 4) is 0 Å². The molecule has 0 fully saturated rings. The molecule has 0 aromatic heterocycles. The van der Waals surface area contributed by atoms with Gasteiger partial charge in [0.15, 0.2) is 0 Å². The van der Waals surface area contributed by atoms with Crippen molar-refractivity contribution in [1.82, 2.24) is 0 Å². The minimum absolute atomic E-state index is 0.0381. The number of ether oxygens (including phenoxy) is 2. The number of carbonyl (C=O) groups excluding carboxylic acids is 1. The van der Waals surface area contributed by atoms with Gasteiger partial charge in [0.1, 0.15) is 6.10 Å². The normalized spacial score (nSPS) is 12.1. The van der Waals surface area contributed by atoms with Gasteiger partial charge >= 0.3 is 5.97 Å². The van der Waals surface area contributed by atoms with E-state index in [2.05, 4.69) is 22.6 Å². The lowest BCUT2D eigenvalue weighted by molar-refractivity contribution is -0.145. The quantitative estimate of drug-likeness (QED) is 0.329. The van der Waals surface area contributed by atoms with Crippen molar-refractivity contribution in [2.75, 3.05) is 11.0 Å². The highest BCUT2D eigenvalue weighted by Gasteiger charge is 2.09. The van der Waals surface area contributed by atoms with E-state index in [1.165, 1.54) is 6.92 Å². The number of hydrogen-bond acceptors (Lipinski definition) is 3. The third-order valence-electron chi connectivity index (χ3n) is 2.20. The standard InChI is InChI=1S/C13H17IO3/c1-11(15)17-13(9-14)7-8-16-10-12-5-3-2-4-6-12/h2-6,13H,7-10H2,1H3. The van der Waals surface area contributed by atoms with Crippen LogP contribution in [0, 0.1) is 0 Å². The Kier molecular flexibility index (Phi) is 7.19. The number of benzene rings is 1. The zero-order valence-electron chi connectivity index (χ0n) is 9.90. The first kappa shape index (κ1) is 14.4. The summed E-state index contributed by atoms with van der Waals surface area (Å²) >= 11 is 2.21. The molecule has 1 rings (SSSR count). The zero-order chi connectivity index (χ0) is 12.5. The van der Waals surface area contributed by atoms with Crippen LogP contribution in [0.4, 0.5) is 0 Å². The third kappa shape index (κ3) is 6.63. The fraction of sp³-hybridized carbons (Fsp3) is 0.462. The highest BCUT2D eigenvalue weighted by atomic mass is 127. The van der Waals surface area contributed by atoms with Crippen LogP contribution in [0.15, 0.2) is 30.3 Å². The van der Waals surface area contributed by atoms with Gasteiger partial charge in [-0.3, -0.25) is 4.79 Å². The van der Waals surface area contributed by atoms with Crippen molar-refractivity contribution < 1.29 is 14.3 Å². The summed E-state index contributed by atoms with van der Waals surface area (Å²) in [5.74, 6) is -0.227. The van der Waals surface area contributed by atoms with Gasteiger partial charge in [-0.05, 0) is 5.56 Å². The maximum Gasteiger partial charge on any atom is 0.302 e. The molecule has 1 aromatic carbocycles. The Morgan fingerprint density at radius 3 is 2.65 bits per heavy atom. The maximum absolute atomic E-state index is 10.8. The Bertz CT molecular complexity index is 327. The minimum atomic E-state index is -0.227. The van der Waals surface area contributed by atoms with Crippen molar-refractivity contribution >= 4 is 28.6 Å². The van der Waals surface area contributed by atoms with Gasteiger partial charge in [-0.15, -0.1) is 0 Å². The molecule has 0 aliphatic rings. The van der Waals surface area contributed by atoms with E-state index in [9.17, 15) is 4.79 Å². The molecule has 0 heterocycles. The summed E-state index contributed by atoms with van der Waals surface area (Å²) in [5.41, 5.74) is 1.16. The second kappa shape index (κ2) is 8.47. The monoisotopic (exact) mass is 348 g/mol. The molecule has 0 bridgehead atoms. The number of esters is 1. The van der Waals surface area contributed by atoms with Gasteiger partial charge in [0.2, 0.25) is 0 Å². The first-order valence-corrected chi connectivity index (χ1v) is 7.09. The molecule has 0 saturated carbocycles. The predicted molar refractivity (Wildman–Crippen MR) is 75.2 cm³/mol. The SMILES string of the molecule is CC(=O)OC(CI)CCOCc1ccccc1. The molecule has 0 N–H and O–H groups in total. The van der Waals surface area contributed by atoms with E-state index in [-0.39, 0.29) is 12.1 Å². The molecule has 1 unspecified atom stereocenters. The largest absolute Gasteiger partial charge is 0.462 e. The lowest BCUT2D eigenvalue weighted by Crippen LogP contribution is -2.19. The van der Waals surface area contributed by atoms with Gasteiger partial charge in [0.05, 0.1) is 13.2 Å². The van der Waals surface area contributed by atoms with Crippen LogP contribution < -0.4 is 0 Å². The molecule has 0 spiro atoms. The van der Waals surface area contributed by atoms with Crippen molar-refractivity contribution in [2.24, 2.45) is 0 Å². The second-order valence-corrected chi connectivity index (χ2v) is 4.59. The molecule has 0 aliphatic heterocycles. The lowest BCUT2D eigenvalue weighted by atomic mass is 10.2. The van der Waals surface area contributed by atoms with E-state index >= 15 is 0 Å². The molecule has 94 valence electrons. The lowest BCUT2D eigenvalue weighted by Gasteiger charge is -2.14. The van der Waals surface area contributed by atoms with Crippen LogP contribution in [0.5, 0.6) is 0 Å². The van der Waals surface area contributed by atoms with Gasteiger partial charge in [-0.1, -0.05) is 52.9 Å². The molecule has 0 aliphatic carbocycles. The van der Waals surface area contributed by atoms with Crippen LogP contribution >= 0.6 is 22.6 Å². The molecule has 1 atom stereocenters. The van der Waals surface area contributed by atoms with Crippen molar-refractivity contribution in [3.63, 3.8) is 0 Å². The van der Waals surface area contributed by atoms with Gasteiger partial charge in [-0.25, -0.2) is 0 Å². The highest BCUT2D eigenvalue weighted by Crippen LogP contribution is 2.06. The molecule has 0 saturated heterocycles. The summed E-state index contributed by atoms with van der Waals surface area (Å²) in [4.78, 5) is 10.8. The fourth-order valence-corrected chi connectivity index (χ4v) is 2.00. The van der Waals surface area contributed by atoms with Gasteiger partial charge in [-0.2, -0.15) is 0 Å². The van der Waals surface area contributed by atoms with Crippen molar-refractivity contribution in [3.05, 3.63) is 35.9 Å². The van der Waals surface area contributed by atoms with E-state index in [0.717, 1.165) is 16.4 Å². The molecular weight excluding hydrogens is 331 g/mol. The average Bonchev–Trinajstić information content (AvgIpc) is 2.34. The highest BCUT2D eigenvalue weighted by molar-refractivity contribution is 14.1. The number of halogens is 1. The third-order valence-corrected chi connectivity index (χ3v) is 3.18. The molecule has 3 nitrogen and oxygen atoms in total. The number of hydrogen-bond donors (Lipinski definition) is 0. The topological polar surface area (TPSA) is 35.5 Å². The number of rotatable bonds is 7. The smallest absolute Gasteiger partial charge is 0.302 e. The van der Waals surface area contributed by atoms with E-state index in [0.29, 0.717) is 13.2 Å². The van der Waals surface area contributed by atoms with E-state index in [1.54, 1.807) is 0 Å². The van der Waals surface area contributed by atoms with E-state index in [1.807, 2.05) is 30.3 Å². The molecule has 0 radical (unpaired) electrons. The molecular formula is C13H17IO3. The van der Waals surface area contributed by atoms with Crippen molar-refractivity contribution in [2.45, 2.75) is 26.1 Å². The summed E-state index contributed by atoms with van der Waals surface area (Å²) in [7, 11) is 0.